The van der Waals surface area contributed by atoms with Crippen LogP contribution in [0.5, 0.6) is 0 Å². The SMILES string of the molecule is O=C(O)C(=Cn1nc(-c2ccc(C(F)(F)F)cc2)nc1-c1ccc(C(F)(F)F)cc1)c1cncc(F)c1. The van der Waals surface area contributed by atoms with Crippen molar-refractivity contribution >= 4 is 17.7 Å². The number of hydrogen-bond acceptors (Lipinski definition) is 4. The molecule has 37 heavy (non-hydrogen) atoms. The maximum absolute atomic E-state index is 13.7. The minimum atomic E-state index is -4.61. The molecule has 0 aliphatic heterocycles. The lowest BCUT2D eigenvalue weighted by molar-refractivity contribution is -0.138. The number of alkyl halides is 6. The summed E-state index contributed by atoms with van der Waals surface area (Å²) in [5.74, 6) is -2.58. The fourth-order valence-corrected chi connectivity index (χ4v) is 3.28. The summed E-state index contributed by atoms with van der Waals surface area (Å²) in [5.41, 5.74) is -2.28. The number of hydrogen-bond donors (Lipinski definition) is 1. The quantitative estimate of drug-likeness (QED) is 0.247. The number of aliphatic carboxylic acids is 1. The maximum atomic E-state index is 13.7. The van der Waals surface area contributed by atoms with E-state index >= 15 is 0 Å². The average molecular weight is 522 g/mol. The minimum absolute atomic E-state index is 0.0945. The standard InChI is InChI=1S/C24H13F7N4O2/c25-18-9-15(10-32-11-18)19(22(36)37)12-35-21(14-3-7-17(8-4-14)24(29,30)31)33-20(34-35)13-1-5-16(6-2-13)23(26,27)28/h1-12H,(H,36,37). The molecule has 0 radical (unpaired) electrons. The van der Waals surface area contributed by atoms with Gasteiger partial charge in [-0.1, -0.05) is 24.3 Å². The van der Waals surface area contributed by atoms with Crippen LogP contribution in [0.4, 0.5) is 30.7 Å². The number of nitrogens with zero attached hydrogens (tertiary/aromatic N) is 4. The van der Waals surface area contributed by atoms with Crippen LogP contribution >= 0.6 is 0 Å². The van der Waals surface area contributed by atoms with Crippen LogP contribution in [0, 0.1) is 5.82 Å². The van der Waals surface area contributed by atoms with Crippen molar-refractivity contribution in [2.24, 2.45) is 0 Å². The zero-order valence-corrected chi connectivity index (χ0v) is 18.2. The molecule has 0 bridgehead atoms. The van der Waals surface area contributed by atoms with Crippen LogP contribution in [0.25, 0.3) is 34.5 Å². The van der Waals surface area contributed by atoms with Crippen molar-refractivity contribution in [3.63, 3.8) is 0 Å². The van der Waals surface area contributed by atoms with E-state index in [2.05, 4.69) is 15.1 Å². The molecule has 190 valence electrons. The van der Waals surface area contributed by atoms with Crippen LogP contribution in [-0.4, -0.2) is 30.8 Å². The highest BCUT2D eigenvalue weighted by molar-refractivity contribution is 6.19. The van der Waals surface area contributed by atoms with Gasteiger partial charge in [0.1, 0.15) is 5.82 Å². The van der Waals surface area contributed by atoms with Crippen LogP contribution in [-0.2, 0) is 17.1 Å². The Morgan fingerprint density at radius 2 is 1.38 bits per heavy atom. The van der Waals surface area contributed by atoms with E-state index in [1.807, 2.05) is 0 Å². The fraction of sp³-hybridized carbons (Fsp3) is 0.0833. The predicted octanol–water partition coefficient (Wildman–Crippen LogP) is 6.27. The van der Waals surface area contributed by atoms with Gasteiger partial charge in [0.15, 0.2) is 11.6 Å². The lowest BCUT2D eigenvalue weighted by Gasteiger charge is -2.08. The summed E-state index contributed by atoms with van der Waals surface area (Å²) in [7, 11) is 0. The summed E-state index contributed by atoms with van der Waals surface area (Å²) in [6, 6.07) is 8.41. The second-order valence-corrected chi connectivity index (χ2v) is 7.59. The van der Waals surface area contributed by atoms with Crippen molar-refractivity contribution in [3.8, 4) is 22.8 Å². The van der Waals surface area contributed by atoms with Crippen molar-refractivity contribution in [2.75, 3.05) is 0 Å². The number of halogens is 7. The highest BCUT2D eigenvalue weighted by Gasteiger charge is 2.31. The summed E-state index contributed by atoms with van der Waals surface area (Å²) in [5, 5.41) is 13.8. The van der Waals surface area contributed by atoms with E-state index in [0.29, 0.717) is 0 Å². The molecule has 2 heterocycles. The smallest absolute Gasteiger partial charge is 0.416 e. The lowest BCUT2D eigenvalue weighted by atomic mass is 10.1. The van der Waals surface area contributed by atoms with Gasteiger partial charge in [0.25, 0.3) is 0 Å². The van der Waals surface area contributed by atoms with Gasteiger partial charge in [-0.25, -0.2) is 18.9 Å². The molecule has 1 N–H and O–H groups in total. The molecule has 0 unspecified atom stereocenters. The first-order valence-electron chi connectivity index (χ1n) is 10.2. The molecule has 0 aliphatic carbocycles. The summed E-state index contributed by atoms with van der Waals surface area (Å²) < 4.78 is 92.4. The molecular formula is C24H13F7N4O2. The fourth-order valence-electron chi connectivity index (χ4n) is 3.28. The monoisotopic (exact) mass is 522 g/mol. The van der Waals surface area contributed by atoms with Crippen LogP contribution in [0.15, 0.2) is 67.0 Å². The van der Waals surface area contributed by atoms with E-state index in [4.69, 9.17) is 0 Å². The Hall–Kier alpha value is -4.55. The molecule has 0 saturated heterocycles. The van der Waals surface area contributed by atoms with Gasteiger partial charge in [0, 0.05) is 29.1 Å². The highest BCUT2D eigenvalue weighted by Crippen LogP contribution is 2.33. The summed E-state index contributed by atoms with van der Waals surface area (Å²) >= 11 is 0. The van der Waals surface area contributed by atoms with Crippen LogP contribution in [0.3, 0.4) is 0 Å². The molecule has 0 fully saturated rings. The van der Waals surface area contributed by atoms with E-state index in [0.717, 1.165) is 77.9 Å². The zero-order chi connectivity index (χ0) is 27.0. The third kappa shape index (κ3) is 5.66. The Morgan fingerprint density at radius 1 is 0.838 bits per heavy atom. The van der Waals surface area contributed by atoms with Gasteiger partial charge in [0.2, 0.25) is 0 Å². The number of carbonyl (C=O) groups is 1. The zero-order valence-electron chi connectivity index (χ0n) is 18.2. The minimum Gasteiger partial charge on any atom is -0.478 e. The Kier molecular flexibility index (Phi) is 6.55. The molecule has 13 heteroatoms. The molecule has 0 spiro atoms. The van der Waals surface area contributed by atoms with Crippen LogP contribution in [0.1, 0.15) is 16.7 Å². The number of rotatable bonds is 5. The topological polar surface area (TPSA) is 80.9 Å². The van der Waals surface area contributed by atoms with Crippen molar-refractivity contribution in [1.29, 1.82) is 0 Å². The van der Waals surface area contributed by atoms with E-state index in [1.54, 1.807) is 0 Å². The number of aromatic nitrogens is 4. The number of carboxylic acids is 1. The predicted molar refractivity (Wildman–Crippen MR) is 117 cm³/mol. The second kappa shape index (κ2) is 9.48. The van der Waals surface area contributed by atoms with Crippen molar-refractivity contribution in [1.82, 2.24) is 19.7 Å². The van der Waals surface area contributed by atoms with E-state index in [-0.39, 0.29) is 28.3 Å². The normalized spacial score (nSPS) is 12.6. The molecule has 0 amide bonds. The summed E-state index contributed by atoms with van der Waals surface area (Å²) in [6.07, 6.45) is -6.32. The van der Waals surface area contributed by atoms with Crippen molar-refractivity contribution < 1.29 is 40.6 Å². The Labute approximate surface area is 203 Å². The first-order chi connectivity index (χ1) is 17.3. The summed E-state index contributed by atoms with van der Waals surface area (Å²) in [4.78, 5) is 19.7. The molecule has 4 aromatic rings. The highest BCUT2D eigenvalue weighted by atomic mass is 19.4. The second-order valence-electron chi connectivity index (χ2n) is 7.59. The first kappa shape index (κ1) is 25.5. The largest absolute Gasteiger partial charge is 0.478 e. The molecule has 0 aliphatic rings. The average Bonchev–Trinajstić information content (AvgIpc) is 3.25. The number of carboxylic acid groups (broad SMARTS) is 1. The molecule has 0 atom stereocenters. The molecular weight excluding hydrogens is 509 g/mol. The van der Waals surface area contributed by atoms with Gasteiger partial charge in [-0.05, 0) is 30.3 Å². The maximum Gasteiger partial charge on any atom is 0.416 e. The van der Waals surface area contributed by atoms with Crippen molar-refractivity contribution in [3.05, 3.63) is 89.5 Å². The Morgan fingerprint density at radius 3 is 1.86 bits per heavy atom. The van der Waals surface area contributed by atoms with Gasteiger partial charge in [-0.3, -0.25) is 4.98 Å². The Bertz CT molecular complexity index is 1470. The van der Waals surface area contributed by atoms with E-state index in [9.17, 15) is 40.6 Å². The van der Waals surface area contributed by atoms with E-state index < -0.39 is 40.8 Å². The summed E-state index contributed by atoms with van der Waals surface area (Å²) in [6.45, 7) is 0. The van der Waals surface area contributed by atoms with Gasteiger partial charge in [-0.15, -0.1) is 5.10 Å². The first-order valence-corrected chi connectivity index (χ1v) is 10.2. The Balaban J connectivity index is 1.87. The number of benzene rings is 2. The van der Waals surface area contributed by atoms with Gasteiger partial charge < -0.3 is 5.11 Å². The van der Waals surface area contributed by atoms with E-state index in [1.165, 1.54) is 0 Å². The van der Waals surface area contributed by atoms with Crippen molar-refractivity contribution in [2.45, 2.75) is 12.4 Å². The molecule has 6 nitrogen and oxygen atoms in total. The van der Waals surface area contributed by atoms with Gasteiger partial charge in [0.05, 0.1) is 22.9 Å². The third-order valence-corrected chi connectivity index (χ3v) is 5.07. The molecule has 2 aromatic carbocycles. The van der Waals surface area contributed by atoms with Gasteiger partial charge >= 0.3 is 18.3 Å². The molecule has 4 rings (SSSR count). The number of pyridine rings is 1. The third-order valence-electron chi connectivity index (χ3n) is 5.07. The molecule has 2 aromatic heterocycles. The van der Waals surface area contributed by atoms with Crippen LogP contribution < -0.4 is 0 Å². The van der Waals surface area contributed by atoms with Crippen LogP contribution in [0.2, 0.25) is 0 Å². The molecule has 0 saturated carbocycles. The van der Waals surface area contributed by atoms with Gasteiger partial charge in [-0.2, -0.15) is 26.3 Å². The lowest BCUT2D eigenvalue weighted by Crippen LogP contribution is -2.05.